The Morgan fingerprint density at radius 2 is 1.93 bits per heavy atom. The number of anilines is 1. The molecule has 0 bridgehead atoms. The third-order valence-corrected chi connectivity index (χ3v) is 5.40. The van der Waals surface area contributed by atoms with Crippen molar-refractivity contribution in [3.8, 4) is 0 Å². The van der Waals surface area contributed by atoms with Gasteiger partial charge in [0.2, 0.25) is 5.95 Å². The minimum absolute atomic E-state index is 0.0817. The predicted molar refractivity (Wildman–Crippen MR) is 105 cm³/mol. The van der Waals surface area contributed by atoms with Crippen molar-refractivity contribution in [1.82, 2.24) is 19.1 Å². The van der Waals surface area contributed by atoms with E-state index in [1.165, 1.54) is 4.57 Å². The van der Waals surface area contributed by atoms with E-state index in [0.717, 1.165) is 37.1 Å². The molecule has 2 unspecified atom stereocenters. The Bertz CT molecular complexity index is 1010. The maximum atomic E-state index is 13.1. The summed E-state index contributed by atoms with van der Waals surface area (Å²) in [6.45, 7) is 2.47. The lowest BCUT2D eigenvalue weighted by molar-refractivity contribution is 0.116. The van der Waals surface area contributed by atoms with Gasteiger partial charge in [-0.05, 0) is 25.3 Å². The second-order valence-corrected chi connectivity index (χ2v) is 7.31. The monoisotopic (exact) mass is 367 g/mol. The van der Waals surface area contributed by atoms with Gasteiger partial charge in [-0.3, -0.25) is 9.36 Å². The number of aliphatic hydroxyl groups excluding tert-OH is 1. The van der Waals surface area contributed by atoms with Crippen molar-refractivity contribution >= 4 is 17.1 Å². The summed E-state index contributed by atoms with van der Waals surface area (Å²) in [5, 5.41) is 13.5. The Morgan fingerprint density at radius 3 is 2.67 bits per heavy atom. The van der Waals surface area contributed by atoms with Gasteiger partial charge in [0.25, 0.3) is 5.56 Å². The summed E-state index contributed by atoms with van der Waals surface area (Å²) >= 11 is 0. The van der Waals surface area contributed by atoms with E-state index in [0.29, 0.717) is 23.7 Å². The van der Waals surface area contributed by atoms with Crippen LogP contribution >= 0.6 is 0 Å². The molecule has 2 heterocycles. The van der Waals surface area contributed by atoms with Crippen LogP contribution in [-0.2, 0) is 13.6 Å². The molecule has 1 aliphatic carbocycles. The number of fused-ring (bicyclic) bond motifs is 1. The van der Waals surface area contributed by atoms with E-state index in [2.05, 4.69) is 15.3 Å². The van der Waals surface area contributed by atoms with E-state index in [1.807, 2.05) is 41.8 Å². The predicted octanol–water partition coefficient (Wildman–Crippen LogP) is 2.20. The lowest BCUT2D eigenvalue weighted by Crippen LogP contribution is -2.38. The highest BCUT2D eigenvalue weighted by molar-refractivity contribution is 5.72. The van der Waals surface area contributed by atoms with Crippen LogP contribution in [0.3, 0.4) is 0 Å². The van der Waals surface area contributed by atoms with Crippen molar-refractivity contribution in [1.29, 1.82) is 0 Å². The van der Waals surface area contributed by atoms with E-state index >= 15 is 0 Å². The summed E-state index contributed by atoms with van der Waals surface area (Å²) in [6, 6.07) is 9.92. The largest absolute Gasteiger partial charge is 0.391 e. The molecule has 4 rings (SSSR count). The number of aryl methyl sites for hydroxylation is 1. The van der Waals surface area contributed by atoms with Gasteiger partial charge in [0, 0.05) is 13.6 Å². The third kappa shape index (κ3) is 3.35. The summed E-state index contributed by atoms with van der Waals surface area (Å²) in [7, 11) is 1.71. The average molecular weight is 367 g/mol. The van der Waals surface area contributed by atoms with Crippen LogP contribution in [0.5, 0.6) is 0 Å². The highest BCUT2D eigenvalue weighted by Gasteiger charge is 2.25. The topological polar surface area (TPSA) is 85.0 Å². The van der Waals surface area contributed by atoms with Gasteiger partial charge in [0.05, 0.1) is 12.1 Å². The number of benzene rings is 1. The van der Waals surface area contributed by atoms with Crippen molar-refractivity contribution in [3.05, 3.63) is 52.1 Å². The first kappa shape index (κ1) is 17.7. The molecule has 142 valence electrons. The molecule has 7 nitrogen and oxygen atoms in total. The van der Waals surface area contributed by atoms with Gasteiger partial charge in [-0.2, -0.15) is 4.98 Å². The number of aromatic nitrogens is 4. The fraction of sp³-hybridized carbons (Fsp3) is 0.450. The molecule has 0 amide bonds. The minimum Gasteiger partial charge on any atom is -0.391 e. The number of hydrogen-bond donors (Lipinski definition) is 2. The second kappa shape index (κ2) is 7.15. The molecule has 1 aromatic carbocycles. The van der Waals surface area contributed by atoms with Crippen LogP contribution in [0.1, 0.15) is 37.1 Å². The SMILES string of the molecule is Cc1nc2nc(NC3CCCCC3O)n(C)c(=O)c2n1Cc1ccccc1. The number of nitrogens with one attached hydrogen (secondary N) is 1. The van der Waals surface area contributed by atoms with E-state index in [4.69, 9.17) is 0 Å². The molecule has 1 aliphatic rings. The number of rotatable bonds is 4. The molecular formula is C20H25N5O2. The maximum Gasteiger partial charge on any atom is 0.280 e. The van der Waals surface area contributed by atoms with Crippen molar-refractivity contribution < 1.29 is 5.11 Å². The molecule has 2 aromatic heterocycles. The van der Waals surface area contributed by atoms with Crippen LogP contribution in [-0.4, -0.2) is 36.4 Å². The first-order valence-electron chi connectivity index (χ1n) is 9.47. The van der Waals surface area contributed by atoms with Crippen LogP contribution in [0.4, 0.5) is 5.95 Å². The Balaban J connectivity index is 1.73. The van der Waals surface area contributed by atoms with Gasteiger partial charge in [0.1, 0.15) is 5.82 Å². The number of hydrogen-bond acceptors (Lipinski definition) is 5. The number of aliphatic hydroxyl groups is 1. The summed E-state index contributed by atoms with van der Waals surface area (Å²) in [6.07, 6.45) is 3.34. The van der Waals surface area contributed by atoms with E-state index in [1.54, 1.807) is 7.05 Å². The Morgan fingerprint density at radius 1 is 1.19 bits per heavy atom. The Hall–Kier alpha value is -2.67. The van der Waals surface area contributed by atoms with Gasteiger partial charge in [0.15, 0.2) is 11.2 Å². The molecule has 0 saturated heterocycles. The van der Waals surface area contributed by atoms with E-state index < -0.39 is 6.10 Å². The van der Waals surface area contributed by atoms with E-state index in [-0.39, 0.29) is 11.6 Å². The summed E-state index contributed by atoms with van der Waals surface area (Å²) in [5.74, 6) is 1.22. The molecule has 2 atom stereocenters. The van der Waals surface area contributed by atoms with Gasteiger partial charge in [-0.25, -0.2) is 4.98 Å². The van der Waals surface area contributed by atoms with Crippen LogP contribution in [0.15, 0.2) is 35.1 Å². The zero-order chi connectivity index (χ0) is 19.0. The summed E-state index contributed by atoms with van der Waals surface area (Å²) in [5.41, 5.74) is 1.92. The van der Waals surface area contributed by atoms with Gasteiger partial charge in [-0.1, -0.05) is 43.2 Å². The zero-order valence-corrected chi connectivity index (χ0v) is 15.7. The zero-order valence-electron chi connectivity index (χ0n) is 15.7. The fourth-order valence-electron chi connectivity index (χ4n) is 3.80. The summed E-state index contributed by atoms with van der Waals surface area (Å²) < 4.78 is 3.44. The second-order valence-electron chi connectivity index (χ2n) is 7.31. The maximum absolute atomic E-state index is 13.1. The van der Waals surface area contributed by atoms with Crippen molar-refractivity contribution in [3.63, 3.8) is 0 Å². The van der Waals surface area contributed by atoms with Crippen LogP contribution in [0.25, 0.3) is 11.2 Å². The smallest absolute Gasteiger partial charge is 0.280 e. The van der Waals surface area contributed by atoms with Crippen molar-refractivity contribution in [2.75, 3.05) is 5.32 Å². The normalized spacial score (nSPS) is 20.1. The van der Waals surface area contributed by atoms with E-state index in [9.17, 15) is 9.90 Å². The third-order valence-electron chi connectivity index (χ3n) is 5.40. The first-order chi connectivity index (χ1) is 13.0. The molecule has 1 saturated carbocycles. The average Bonchev–Trinajstić information content (AvgIpc) is 2.97. The fourth-order valence-corrected chi connectivity index (χ4v) is 3.80. The number of imidazole rings is 1. The van der Waals surface area contributed by atoms with Gasteiger partial charge in [-0.15, -0.1) is 0 Å². The highest BCUT2D eigenvalue weighted by Crippen LogP contribution is 2.22. The molecule has 0 aliphatic heterocycles. The summed E-state index contributed by atoms with van der Waals surface area (Å²) in [4.78, 5) is 22.2. The van der Waals surface area contributed by atoms with Crippen LogP contribution in [0, 0.1) is 6.92 Å². The standard InChI is InChI=1S/C20H25N5O2/c1-13-21-18-17(25(13)12-14-8-4-3-5-9-14)19(27)24(2)20(23-18)22-15-10-6-7-11-16(15)26/h3-5,8-9,15-16,26H,6-7,10-12H2,1-2H3,(H,22,23). The van der Waals surface area contributed by atoms with Gasteiger partial charge >= 0.3 is 0 Å². The molecule has 1 fully saturated rings. The minimum atomic E-state index is -0.413. The molecule has 3 aromatic rings. The molecule has 0 radical (unpaired) electrons. The van der Waals surface area contributed by atoms with Crippen LogP contribution in [0.2, 0.25) is 0 Å². The van der Waals surface area contributed by atoms with Crippen LogP contribution < -0.4 is 10.9 Å². The molecule has 27 heavy (non-hydrogen) atoms. The Labute approximate surface area is 157 Å². The van der Waals surface area contributed by atoms with Crippen molar-refractivity contribution in [2.24, 2.45) is 7.05 Å². The lowest BCUT2D eigenvalue weighted by atomic mass is 9.93. The highest BCUT2D eigenvalue weighted by atomic mass is 16.3. The Kier molecular flexibility index (Phi) is 4.70. The quantitative estimate of drug-likeness (QED) is 0.738. The first-order valence-corrected chi connectivity index (χ1v) is 9.47. The molecular weight excluding hydrogens is 342 g/mol. The van der Waals surface area contributed by atoms with Gasteiger partial charge < -0.3 is 15.0 Å². The molecule has 7 heteroatoms. The van der Waals surface area contributed by atoms with Crippen molar-refractivity contribution in [2.45, 2.75) is 51.3 Å². The molecule has 0 spiro atoms. The number of nitrogens with zero attached hydrogens (tertiary/aromatic N) is 4. The molecule has 2 N–H and O–H groups in total. The lowest BCUT2D eigenvalue weighted by Gasteiger charge is -2.29.